The Hall–Kier alpha value is -1.62. The third kappa shape index (κ3) is 6.57. The third-order valence-electron chi connectivity index (χ3n) is 4.08. The molecule has 0 spiro atoms. The van der Waals surface area contributed by atoms with Crippen molar-refractivity contribution < 1.29 is 4.79 Å². The Morgan fingerprint density at radius 3 is 2.65 bits per heavy atom. The number of aryl methyl sites for hydroxylation is 1. The van der Waals surface area contributed by atoms with Crippen molar-refractivity contribution in [1.82, 2.24) is 15.2 Å². The molecule has 0 saturated carbocycles. The van der Waals surface area contributed by atoms with Gasteiger partial charge < -0.3 is 10.6 Å². The number of likely N-dealkylation sites (tertiary alicyclic amines) is 1. The number of anilines is 1. The molecule has 1 aliphatic rings. The highest BCUT2D eigenvalue weighted by Gasteiger charge is 2.22. The van der Waals surface area contributed by atoms with Crippen molar-refractivity contribution in [3.8, 4) is 0 Å². The molecule has 1 aromatic heterocycles. The maximum Gasteiger partial charge on any atom is 0.234 e. The van der Waals surface area contributed by atoms with Gasteiger partial charge in [-0.2, -0.15) is 0 Å². The van der Waals surface area contributed by atoms with Gasteiger partial charge in [-0.3, -0.25) is 14.7 Å². The van der Waals surface area contributed by atoms with Crippen molar-refractivity contribution in [1.29, 1.82) is 0 Å². The molecule has 2 N–H and O–H groups in total. The highest BCUT2D eigenvalue weighted by Crippen LogP contribution is 2.18. The molecule has 1 aliphatic heterocycles. The number of carbonyl (C=O) groups is 1. The molecule has 23 heavy (non-hydrogen) atoms. The van der Waals surface area contributed by atoms with Crippen LogP contribution in [0.2, 0.25) is 0 Å². The first-order valence-electron chi connectivity index (χ1n) is 8.52. The number of nitrogens with zero attached hydrogens (tertiary/aromatic N) is 2. The summed E-state index contributed by atoms with van der Waals surface area (Å²) in [5.74, 6) is 0.798. The number of carbonyl (C=O) groups excluding carboxylic acids is 1. The molecule has 5 heteroatoms. The van der Waals surface area contributed by atoms with Crippen molar-refractivity contribution in [2.24, 2.45) is 5.92 Å². The average molecular weight is 318 g/mol. The van der Waals surface area contributed by atoms with Crippen LogP contribution in [0, 0.1) is 12.8 Å². The Morgan fingerprint density at radius 2 is 2.04 bits per heavy atom. The lowest BCUT2D eigenvalue weighted by molar-refractivity contribution is -0.124. The van der Waals surface area contributed by atoms with Gasteiger partial charge in [0.25, 0.3) is 0 Å². The van der Waals surface area contributed by atoms with E-state index in [1.165, 1.54) is 0 Å². The van der Waals surface area contributed by atoms with Crippen LogP contribution in [0.3, 0.4) is 0 Å². The van der Waals surface area contributed by atoms with Gasteiger partial charge in [0, 0.05) is 29.7 Å². The van der Waals surface area contributed by atoms with Crippen LogP contribution < -0.4 is 10.6 Å². The summed E-state index contributed by atoms with van der Waals surface area (Å²) in [6, 6.07) is 4.09. The highest BCUT2D eigenvalue weighted by molar-refractivity contribution is 5.78. The molecular weight excluding hydrogens is 288 g/mol. The van der Waals surface area contributed by atoms with Crippen molar-refractivity contribution in [2.45, 2.75) is 46.1 Å². The van der Waals surface area contributed by atoms with E-state index in [0.29, 0.717) is 12.5 Å². The largest absolute Gasteiger partial charge is 0.385 e. The van der Waals surface area contributed by atoms with Crippen molar-refractivity contribution in [3.05, 3.63) is 24.0 Å². The fraction of sp³-hybridized carbons (Fsp3) is 0.667. The molecule has 0 aromatic carbocycles. The van der Waals surface area contributed by atoms with Crippen LogP contribution in [0.4, 0.5) is 5.69 Å². The number of hydrogen-bond acceptors (Lipinski definition) is 4. The van der Waals surface area contributed by atoms with Gasteiger partial charge in [-0.1, -0.05) is 0 Å². The van der Waals surface area contributed by atoms with Gasteiger partial charge in [-0.25, -0.2) is 0 Å². The van der Waals surface area contributed by atoms with Crippen LogP contribution in [-0.4, -0.2) is 47.5 Å². The van der Waals surface area contributed by atoms with Crippen LogP contribution in [0.5, 0.6) is 0 Å². The number of amides is 1. The maximum absolute atomic E-state index is 12.0. The summed E-state index contributed by atoms with van der Waals surface area (Å²) in [5.41, 5.74) is 2.03. The summed E-state index contributed by atoms with van der Waals surface area (Å²) in [4.78, 5) is 18.5. The fourth-order valence-corrected chi connectivity index (χ4v) is 2.93. The van der Waals surface area contributed by atoms with E-state index in [4.69, 9.17) is 0 Å². The summed E-state index contributed by atoms with van der Waals surface area (Å²) in [6.45, 7) is 11.6. The predicted molar refractivity (Wildman–Crippen MR) is 94.5 cm³/mol. The molecule has 2 heterocycles. The van der Waals surface area contributed by atoms with Gasteiger partial charge in [0.15, 0.2) is 0 Å². The molecular formula is C18H30N4O. The van der Waals surface area contributed by atoms with Gasteiger partial charge in [-0.15, -0.1) is 0 Å². The van der Waals surface area contributed by atoms with E-state index in [2.05, 4.69) is 26.6 Å². The molecule has 1 aromatic rings. The van der Waals surface area contributed by atoms with Crippen molar-refractivity contribution in [3.63, 3.8) is 0 Å². The maximum atomic E-state index is 12.0. The van der Waals surface area contributed by atoms with Crippen LogP contribution in [0.15, 0.2) is 18.3 Å². The number of aromatic nitrogens is 1. The second-order valence-electron chi connectivity index (χ2n) is 7.58. The number of pyridine rings is 1. The second kappa shape index (κ2) is 7.77. The SMILES string of the molecule is Cc1cc(NCC2CCN(CC(=O)NC(C)(C)C)CC2)ccn1. The molecule has 1 amide bonds. The average Bonchev–Trinajstić information content (AvgIpc) is 2.44. The van der Waals surface area contributed by atoms with E-state index in [-0.39, 0.29) is 11.4 Å². The van der Waals surface area contributed by atoms with Crippen molar-refractivity contribution >= 4 is 11.6 Å². The summed E-state index contributed by atoms with van der Waals surface area (Å²) >= 11 is 0. The van der Waals surface area contributed by atoms with Crippen LogP contribution in [-0.2, 0) is 4.79 Å². The van der Waals surface area contributed by atoms with E-state index in [9.17, 15) is 4.79 Å². The quantitative estimate of drug-likeness (QED) is 0.875. The molecule has 1 saturated heterocycles. The van der Waals surface area contributed by atoms with Crippen LogP contribution in [0.25, 0.3) is 0 Å². The Labute approximate surface area is 139 Å². The van der Waals surface area contributed by atoms with Gasteiger partial charge in [-0.05, 0) is 71.7 Å². The molecule has 0 bridgehead atoms. The van der Waals surface area contributed by atoms with Gasteiger partial charge in [0.2, 0.25) is 5.91 Å². The lowest BCUT2D eigenvalue weighted by atomic mass is 9.96. The van der Waals surface area contributed by atoms with E-state index < -0.39 is 0 Å². The van der Waals surface area contributed by atoms with Crippen molar-refractivity contribution in [2.75, 3.05) is 31.5 Å². The molecule has 0 aliphatic carbocycles. The lowest BCUT2D eigenvalue weighted by Gasteiger charge is -2.32. The molecule has 0 radical (unpaired) electrons. The van der Waals surface area contributed by atoms with E-state index >= 15 is 0 Å². The Bertz CT molecular complexity index is 516. The number of hydrogen-bond donors (Lipinski definition) is 2. The first kappa shape index (κ1) is 17.7. The molecule has 0 unspecified atom stereocenters. The smallest absolute Gasteiger partial charge is 0.234 e. The number of rotatable bonds is 5. The first-order chi connectivity index (χ1) is 10.8. The summed E-state index contributed by atoms with van der Waals surface area (Å²) in [6.07, 6.45) is 4.12. The first-order valence-corrected chi connectivity index (χ1v) is 8.52. The molecule has 2 rings (SSSR count). The van der Waals surface area contributed by atoms with Crippen LogP contribution in [0.1, 0.15) is 39.3 Å². The Morgan fingerprint density at radius 1 is 1.35 bits per heavy atom. The van der Waals surface area contributed by atoms with E-state index in [1.54, 1.807) is 0 Å². The predicted octanol–water partition coefficient (Wildman–Crippen LogP) is 2.43. The third-order valence-corrected chi connectivity index (χ3v) is 4.08. The highest BCUT2D eigenvalue weighted by atomic mass is 16.2. The van der Waals surface area contributed by atoms with Gasteiger partial charge >= 0.3 is 0 Å². The Balaban J connectivity index is 1.69. The summed E-state index contributed by atoms with van der Waals surface area (Å²) in [5, 5.41) is 6.53. The molecule has 1 fully saturated rings. The molecule has 128 valence electrons. The topological polar surface area (TPSA) is 57.3 Å². The van der Waals surface area contributed by atoms with E-state index in [1.807, 2.05) is 40.0 Å². The van der Waals surface area contributed by atoms with Gasteiger partial charge in [0.1, 0.15) is 0 Å². The Kier molecular flexibility index (Phi) is 5.99. The number of nitrogens with one attached hydrogen (secondary N) is 2. The minimum absolute atomic E-state index is 0.126. The summed E-state index contributed by atoms with van der Waals surface area (Å²) in [7, 11) is 0. The standard InChI is InChI=1S/C18H30N4O/c1-14-11-16(5-8-19-14)20-12-15-6-9-22(10-7-15)13-17(23)21-18(2,3)4/h5,8,11,15H,6-7,9-10,12-13H2,1-4H3,(H,19,20)(H,21,23). The van der Waals surface area contributed by atoms with Crippen LogP contribution >= 0.6 is 0 Å². The van der Waals surface area contributed by atoms with Gasteiger partial charge in [0.05, 0.1) is 6.54 Å². The zero-order chi connectivity index (χ0) is 16.9. The fourth-order valence-electron chi connectivity index (χ4n) is 2.93. The zero-order valence-corrected chi connectivity index (χ0v) is 14.9. The minimum atomic E-state index is -0.151. The molecule has 5 nitrogen and oxygen atoms in total. The minimum Gasteiger partial charge on any atom is -0.385 e. The lowest BCUT2D eigenvalue weighted by Crippen LogP contribution is -2.47. The molecule has 0 atom stereocenters. The van der Waals surface area contributed by atoms with E-state index in [0.717, 1.165) is 43.9 Å². The normalized spacial score (nSPS) is 17.0. The summed E-state index contributed by atoms with van der Waals surface area (Å²) < 4.78 is 0. The number of piperidine rings is 1. The zero-order valence-electron chi connectivity index (χ0n) is 14.9. The second-order valence-corrected chi connectivity index (χ2v) is 7.58. The monoisotopic (exact) mass is 318 g/mol.